The number of nitrogens with zero attached hydrogens (tertiary/aromatic N) is 1. The zero-order valence-electron chi connectivity index (χ0n) is 10.4. The van der Waals surface area contributed by atoms with E-state index in [0.29, 0.717) is 17.5 Å². The topological polar surface area (TPSA) is 62.2 Å². The summed E-state index contributed by atoms with van der Waals surface area (Å²) in [4.78, 5) is 15.9. The van der Waals surface area contributed by atoms with Gasteiger partial charge in [0.15, 0.2) is 0 Å². The van der Waals surface area contributed by atoms with E-state index in [9.17, 15) is 9.90 Å². The number of carbonyl (C=O) groups excluding carboxylic acids is 1. The zero-order chi connectivity index (χ0) is 13.8. The number of hydrogen-bond donors (Lipinski definition) is 2. The smallest absolute Gasteiger partial charge is 0.271 e. The van der Waals surface area contributed by atoms with E-state index in [1.807, 2.05) is 0 Å². The van der Waals surface area contributed by atoms with Crippen molar-refractivity contribution in [3.05, 3.63) is 28.0 Å². The van der Waals surface area contributed by atoms with E-state index in [4.69, 9.17) is 23.2 Å². The van der Waals surface area contributed by atoms with Crippen molar-refractivity contribution in [1.82, 2.24) is 10.3 Å². The maximum Gasteiger partial charge on any atom is 0.271 e. The predicted octanol–water partition coefficient (Wildman–Crippen LogP) is 2.67. The Balaban J connectivity index is 1.89. The number of pyridine rings is 1. The van der Waals surface area contributed by atoms with Crippen molar-refractivity contribution in [3.63, 3.8) is 0 Å². The Kier molecular flexibility index (Phi) is 5.02. The van der Waals surface area contributed by atoms with Crippen molar-refractivity contribution in [2.24, 2.45) is 5.92 Å². The van der Waals surface area contributed by atoms with E-state index in [-0.39, 0.29) is 22.9 Å². The van der Waals surface area contributed by atoms with Crippen LogP contribution in [0.4, 0.5) is 0 Å². The normalized spacial score (nSPS) is 23.1. The van der Waals surface area contributed by atoms with Crippen molar-refractivity contribution in [1.29, 1.82) is 0 Å². The van der Waals surface area contributed by atoms with Crippen molar-refractivity contribution in [2.75, 3.05) is 6.54 Å². The number of aliphatic hydroxyl groups excluding tert-OH is 1. The fraction of sp³-hybridized carbons (Fsp3) is 0.538. The molecule has 0 aliphatic heterocycles. The molecule has 0 atom stereocenters. The number of nitrogens with one attached hydrogen (secondary N) is 1. The number of rotatable bonds is 3. The Morgan fingerprint density at radius 1 is 1.32 bits per heavy atom. The van der Waals surface area contributed by atoms with E-state index in [1.165, 1.54) is 0 Å². The van der Waals surface area contributed by atoms with Gasteiger partial charge >= 0.3 is 0 Å². The third-order valence-corrected chi connectivity index (χ3v) is 3.91. The fourth-order valence-electron chi connectivity index (χ4n) is 2.25. The highest BCUT2D eigenvalue weighted by atomic mass is 35.5. The van der Waals surface area contributed by atoms with Gasteiger partial charge in [-0.25, -0.2) is 4.98 Å². The van der Waals surface area contributed by atoms with Crippen LogP contribution in [-0.4, -0.2) is 28.6 Å². The molecule has 0 bridgehead atoms. The SMILES string of the molecule is O=C(NCC1CCC(O)CC1)c1nc(Cl)ccc1Cl. The minimum Gasteiger partial charge on any atom is -0.393 e. The molecule has 6 heteroatoms. The van der Waals surface area contributed by atoms with Crippen LogP contribution in [0.3, 0.4) is 0 Å². The molecule has 1 aliphatic rings. The highest BCUT2D eigenvalue weighted by Gasteiger charge is 2.20. The highest BCUT2D eigenvalue weighted by molar-refractivity contribution is 6.34. The molecule has 0 aromatic carbocycles. The molecule has 1 aliphatic carbocycles. The van der Waals surface area contributed by atoms with Gasteiger partial charge in [0.25, 0.3) is 5.91 Å². The Morgan fingerprint density at radius 2 is 2.00 bits per heavy atom. The molecule has 1 fully saturated rings. The summed E-state index contributed by atoms with van der Waals surface area (Å²) in [6, 6.07) is 3.10. The maximum atomic E-state index is 12.0. The van der Waals surface area contributed by atoms with Crippen LogP contribution >= 0.6 is 23.2 Å². The van der Waals surface area contributed by atoms with Crippen molar-refractivity contribution in [2.45, 2.75) is 31.8 Å². The largest absolute Gasteiger partial charge is 0.393 e. The molecule has 104 valence electrons. The first-order chi connectivity index (χ1) is 9.06. The van der Waals surface area contributed by atoms with Crippen LogP contribution in [-0.2, 0) is 0 Å². The van der Waals surface area contributed by atoms with Gasteiger partial charge in [0, 0.05) is 6.54 Å². The summed E-state index contributed by atoms with van der Waals surface area (Å²) < 4.78 is 0. The molecular weight excluding hydrogens is 287 g/mol. The van der Waals surface area contributed by atoms with Crippen LogP contribution in [0.5, 0.6) is 0 Å². The molecular formula is C13H16Cl2N2O2. The molecule has 2 rings (SSSR count). The summed E-state index contributed by atoms with van der Waals surface area (Å²) in [5.41, 5.74) is 0.157. The molecule has 4 nitrogen and oxygen atoms in total. The van der Waals surface area contributed by atoms with E-state index in [2.05, 4.69) is 10.3 Å². The molecule has 0 unspecified atom stereocenters. The van der Waals surface area contributed by atoms with Gasteiger partial charge in [0.1, 0.15) is 10.8 Å². The molecule has 19 heavy (non-hydrogen) atoms. The molecule has 0 spiro atoms. The summed E-state index contributed by atoms with van der Waals surface area (Å²) in [5.74, 6) is 0.101. The van der Waals surface area contributed by atoms with Gasteiger partial charge in [0.05, 0.1) is 11.1 Å². The van der Waals surface area contributed by atoms with E-state index >= 15 is 0 Å². The van der Waals surface area contributed by atoms with Gasteiger partial charge in [0.2, 0.25) is 0 Å². The zero-order valence-corrected chi connectivity index (χ0v) is 11.9. The number of carbonyl (C=O) groups is 1. The molecule has 1 aromatic heterocycles. The Hall–Kier alpha value is -0.840. The fourth-order valence-corrected chi connectivity index (χ4v) is 2.59. The summed E-state index contributed by atoms with van der Waals surface area (Å²) in [6.45, 7) is 0.579. The van der Waals surface area contributed by atoms with Crippen LogP contribution in [0.25, 0.3) is 0 Å². The maximum absolute atomic E-state index is 12.0. The number of hydrogen-bond acceptors (Lipinski definition) is 3. The Labute approximate surface area is 122 Å². The van der Waals surface area contributed by atoms with Gasteiger partial charge < -0.3 is 10.4 Å². The van der Waals surface area contributed by atoms with E-state index in [1.54, 1.807) is 12.1 Å². The van der Waals surface area contributed by atoms with Gasteiger partial charge in [-0.2, -0.15) is 0 Å². The molecule has 1 heterocycles. The van der Waals surface area contributed by atoms with Crippen molar-refractivity contribution >= 4 is 29.1 Å². The van der Waals surface area contributed by atoms with Gasteiger partial charge in [-0.05, 0) is 43.7 Å². The molecule has 1 aromatic rings. The van der Waals surface area contributed by atoms with Crippen LogP contribution in [0.2, 0.25) is 10.2 Å². The number of amides is 1. The van der Waals surface area contributed by atoms with Crippen LogP contribution in [0.1, 0.15) is 36.2 Å². The van der Waals surface area contributed by atoms with E-state index < -0.39 is 0 Å². The number of aromatic nitrogens is 1. The first-order valence-electron chi connectivity index (χ1n) is 6.34. The second kappa shape index (κ2) is 6.55. The number of aliphatic hydroxyl groups is 1. The quantitative estimate of drug-likeness (QED) is 0.844. The molecule has 1 amide bonds. The minimum atomic E-state index is -0.307. The summed E-state index contributed by atoms with van der Waals surface area (Å²) in [7, 11) is 0. The van der Waals surface area contributed by atoms with Gasteiger partial charge in [-0.1, -0.05) is 23.2 Å². The lowest BCUT2D eigenvalue weighted by molar-refractivity contribution is 0.0906. The van der Waals surface area contributed by atoms with Crippen molar-refractivity contribution in [3.8, 4) is 0 Å². The van der Waals surface area contributed by atoms with Crippen molar-refractivity contribution < 1.29 is 9.90 Å². The standard InChI is InChI=1S/C13H16Cl2N2O2/c14-10-5-6-11(15)17-12(10)13(19)16-7-8-1-3-9(18)4-2-8/h5-6,8-9,18H,1-4,7H2,(H,16,19). The lowest BCUT2D eigenvalue weighted by atomic mass is 9.87. The second-order valence-electron chi connectivity index (χ2n) is 4.85. The molecule has 0 saturated heterocycles. The lowest BCUT2D eigenvalue weighted by Gasteiger charge is -2.25. The van der Waals surface area contributed by atoms with Gasteiger partial charge in [-0.3, -0.25) is 4.79 Å². The second-order valence-corrected chi connectivity index (χ2v) is 5.64. The Morgan fingerprint density at radius 3 is 2.68 bits per heavy atom. The van der Waals surface area contributed by atoms with Crippen LogP contribution in [0.15, 0.2) is 12.1 Å². The number of halogens is 2. The third-order valence-electron chi connectivity index (χ3n) is 3.39. The molecule has 2 N–H and O–H groups in total. The average molecular weight is 303 g/mol. The van der Waals surface area contributed by atoms with Gasteiger partial charge in [-0.15, -0.1) is 0 Å². The van der Waals surface area contributed by atoms with Crippen LogP contribution < -0.4 is 5.32 Å². The summed E-state index contributed by atoms with van der Waals surface area (Å²) in [5, 5.41) is 12.8. The Bertz CT molecular complexity index is 460. The summed E-state index contributed by atoms with van der Waals surface area (Å²) in [6.07, 6.45) is 3.28. The molecule has 1 saturated carbocycles. The predicted molar refractivity (Wildman–Crippen MR) is 74.6 cm³/mol. The monoisotopic (exact) mass is 302 g/mol. The molecule has 0 radical (unpaired) electrons. The van der Waals surface area contributed by atoms with Crippen LogP contribution in [0, 0.1) is 5.92 Å². The lowest BCUT2D eigenvalue weighted by Crippen LogP contribution is -2.32. The minimum absolute atomic E-state index is 0.157. The first kappa shape index (κ1) is 14.6. The average Bonchev–Trinajstić information content (AvgIpc) is 2.40. The third kappa shape index (κ3) is 4.06. The summed E-state index contributed by atoms with van der Waals surface area (Å²) >= 11 is 11.7. The highest BCUT2D eigenvalue weighted by Crippen LogP contribution is 2.23. The first-order valence-corrected chi connectivity index (χ1v) is 7.10. The van der Waals surface area contributed by atoms with E-state index in [0.717, 1.165) is 25.7 Å².